The third-order valence-corrected chi connectivity index (χ3v) is 5.88. The number of amides is 1. The van der Waals surface area contributed by atoms with Crippen LogP contribution in [-0.4, -0.2) is 41.7 Å². The average Bonchev–Trinajstić information content (AvgIpc) is 2.58. The molecule has 0 fully saturated rings. The van der Waals surface area contributed by atoms with Crippen LogP contribution in [0.25, 0.3) is 0 Å². The molecule has 172 valence electrons. The van der Waals surface area contributed by atoms with Gasteiger partial charge in [0, 0.05) is 6.08 Å². The predicted octanol–water partition coefficient (Wildman–Crippen LogP) is 3.98. The summed E-state index contributed by atoms with van der Waals surface area (Å²) in [6.07, 6.45) is 14.3. The Morgan fingerprint density at radius 1 is 1.19 bits per heavy atom. The van der Waals surface area contributed by atoms with Gasteiger partial charge >= 0.3 is 5.97 Å². The van der Waals surface area contributed by atoms with E-state index in [1.54, 1.807) is 19.1 Å². The molecule has 0 aromatic rings. The van der Waals surface area contributed by atoms with E-state index >= 15 is 0 Å². The summed E-state index contributed by atoms with van der Waals surface area (Å²) in [5.41, 5.74) is 4.56. The van der Waals surface area contributed by atoms with E-state index in [1.807, 2.05) is 13.0 Å². The Morgan fingerprint density at radius 2 is 1.84 bits per heavy atom. The van der Waals surface area contributed by atoms with Crippen LogP contribution in [0.4, 0.5) is 0 Å². The van der Waals surface area contributed by atoms with E-state index in [1.165, 1.54) is 24.0 Å². The highest BCUT2D eigenvalue weighted by molar-refractivity contribution is 7.85. The SMILES string of the molecule is CC(C=CC1=C(C)CCCC1(C)C)=CC=C/C(C)=C\C(=O)N[C@@H](CS(=O)(=O)O)C(=O)O. The van der Waals surface area contributed by atoms with Crippen LogP contribution in [0.5, 0.6) is 0 Å². The second kappa shape index (κ2) is 11.2. The van der Waals surface area contributed by atoms with Crippen LogP contribution in [0.3, 0.4) is 0 Å². The summed E-state index contributed by atoms with van der Waals surface area (Å²) in [4.78, 5) is 23.0. The quantitative estimate of drug-likeness (QED) is 0.277. The third-order valence-electron chi connectivity index (χ3n) is 5.12. The Labute approximate surface area is 185 Å². The number of rotatable bonds is 9. The van der Waals surface area contributed by atoms with E-state index in [-0.39, 0.29) is 5.41 Å². The van der Waals surface area contributed by atoms with Crippen molar-refractivity contribution in [2.75, 3.05) is 5.75 Å². The highest BCUT2D eigenvalue weighted by Gasteiger charge is 2.26. The van der Waals surface area contributed by atoms with Gasteiger partial charge in [0.1, 0.15) is 11.8 Å². The number of aliphatic carboxylic acids is 1. The van der Waals surface area contributed by atoms with Gasteiger partial charge in [0.05, 0.1) is 0 Å². The summed E-state index contributed by atoms with van der Waals surface area (Å²) in [6, 6.07) is -1.73. The van der Waals surface area contributed by atoms with Gasteiger partial charge in [0.2, 0.25) is 5.91 Å². The molecule has 31 heavy (non-hydrogen) atoms. The Kier molecular flexibility index (Phi) is 9.65. The average molecular weight is 452 g/mol. The molecule has 0 saturated carbocycles. The van der Waals surface area contributed by atoms with E-state index in [0.29, 0.717) is 5.57 Å². The monoisotopic (exact) mass is 451 g/mol. The van der Waals surface area contributed by atoms with Crippen molar-refractivity contribution >= 4 is 22.0 Å². The Morgan fingerprint density at radius 3 is 2.39 bits per heavy atom. The molecule has 0 aromatic carbocycles. The summed E-state index contributed by atoms with van der Waals surface area (Å²) in [5, 5.41) is 11.0. The first kappa shape index (κ1) is 26.6. The van der Waals surface area contributed by atoms with Gasteiger partial charge in [-0.3, -0.25) is 9.35 Å². The van der Waals surface area contributed by atoms with E-state index in [2.05, 4.69) is 38.2 Å². The van der Waals surface area contributed by atoms with Crippen molar-refractivity contribution in [3.63, 3.8) is 0 Å². The lowest BCUT2D eigenvalue weighted by atomic mass is 9.72. The number of carbonyl (C=O) groups excluding carboxylic acids is 1. The summed E-state index contributed by atoms with van der Waals surface area (Å²) in [7, 11) is -4.54. The van der Waals surface area contributed by atoms with Gasteiger partial charge < -0.3 is 10.4 Å². The van der Waals surface area contributed by atoms with Crippen LogP contribution in [0.1, 0.15) is 53.9 Å². The molecule has 0 heterocycles. The van der Waals surface area contributed by atoms with Crippen LogP contribution < -0.4 is 5.32 Å². The minimum Gasteiger partial charge on any atom is -0.480 e. The largest absolute Gasteiger partial charge is 0.480 e. The molecule has 0 unspecified atom stereocenters. The molecular weight excluding hydrogens is 418 g/mol. The van der Waals surface area contributed by atoms with Crippen molar-refractivity contribution in [1.29, 1.82) is 0 Å². The first-order chi connectivity index (χ1) is 14.2. The number of hydrogen-bond donors (Lipinski definition) is 3. The predicted molar refractivity (Wildman–Crippen MR) is 122 cm³/mol. The summed E-state index contributed by atoms with van der Waals surface area (Å²) in [5.74, 6) is -3.41. The number of carbonyl (C=O) groups is 2. The smallest absolute Gasteiger partial charge is 0.327 e. The van der Waals surface area contributed by atoms with Gasteiger partial charge in [-0.15, -0.1) is 0 Å². The number of allylic oxidation sites excluding steroid dienone is 9. The highest BCUT2D eigenvalue weighted by atomic mass is 32.2. The summed E-state index contributed by atoms with van der Waals surface area (Å²) >= 11 is 0. The molecule has 0 spiro atoms. The minimum absolute atomic E-state index is 0.171. The van der Waals surface area contributed by atoms with E-state index in [0.717, 1.165) is 18.1 Å². The first-order valence-electron chi connectivity index (χ1n) is 10.1. The zero-order chi connectivity index (χ0) is 23.8. The molecule has 1 atom stereocenters. The van der Waals surface area contributed by atoms with Crippen molar-refractivity contribution in [2.24, 2.45) is 5.41 Å². The number of nitrogens with one attached hydrogen (secondary N) is 1. The molecule has 1 amide bonds. The topological polar surface area (TPSA) is 121 Å². The Balaban J connectivity index is 2.77. The fourth-order valence-corrected chi connectivity index (χ4v) is 4.13. The van der Waals surface area contributed by atoms with Gasteiger partial charge in [-0.1, -0.05) is 55.4 Å². The van der Waals surface area contributed by atoms with Crippen LogP contribution in [0.15, 0.2) is 58.7 Å². The molecular formula is C23H33NO6S. The summed E-state index contributed by atoms with van der Waals surface area (Å²) < 4.78 is 30.5. The fourth-order valence-electron chi connectivity index (χ4n) is 3.49. The van der Waals surface area contributed by atoms with Crippen LogP contribution in [-0.2, 0) is 19.7 Å². The lowest BCUT2D eigenvalue weighted by Gasteiger charge is -2.32. The molecule has 0 aromatic heterocycles. The molecule has 0 radical (unpaired) electrons. The minimum atomic E-state index is -4.54. The number of carboxylic acid groups (broad SMARTS) is 1. The van der Waals surface area contributed by atoms with Crippen molar-refractivity contribution in [3.05, 3.63) is 58.7 Å². The lowest BCUT2D eigenvalue weighted by molar-refractivity contribution is -0.140. The zero-order valence-electron chi connectivity index (χ0n) is 18.8. The molecule has 3 N–H and O–H groups in total. The van der Waals surface area contributed by atoms with Crippen molar-refractivity contribution in [2.45, 2.75) is 59.9 Å². The van der Waals surface area contributed by atoms with Crippen LogP contribution in [0, 0.1) is 5.41 Å². The number of hydrogen-bond acceptors (Lipinski definition) is 4. The fraction of sp³-hybridized carbons (Fsp3) is 0.478. The maximum absolute atomic E-state index is 11.9. The standard InChI is InChI=1S/C23H33NO6S/c1-16(11-12-19-18(3)10-7-13-23(19,4)5)8-6-9-17(2)14-21(25)24-20(22(26)27)15-31(28,29)30/h6,8-9,11-12,14,20H,7,10,13,15H2,1-5H3,(H,24,25)(H,26,27)(H,28,29,30)/b9-6?,12-11?,16-8?,17-14-/t20-/m0/s1. The van der Waals surface area contributed by atoms with Gasteiger partial charge in [0.15, 0.2) is 0 Å². The van der Waals surface area contributed by atoms with Crippen LogP contribution in [0.2, 0.25) is 0 Å². The maximum Gasteiger partial charge on any atom is 0.327 e. The van der Waals surface area contributed by atoms with Crippen molar-refractivity contribution in [1.82, 2.24) is 5.32 Å². The van der Waals surface area contributed by atoms with Gasteiger partial charge in [0.25, 0.3) is 10.1 Å². The van der Waals surface area contributed by atoms with Gasteiger partial charge in [-0.2, -0.15) is 8.42 Å². The molecule has 0 aliphatic heterocycles. The molecule has 7 nitrogen and oxygen atoms in total. The Hall–Kier alpha value is -2.45. The number of carboxylic acids is 1. The van der Waals surface area contributed by atoms with Crippen LogP contribution >= 0.6 is 0 Å². The molecule has 1 aliphatic rings. The van der Waals surface area contributed by atoms with Gasteiger partial charge in [-0.05, 0) is 56.6 Å². The van der Waals surface area contributed by atoms with E-state index in [9.17, 15) is 18.0 Å². The molecule has 8 heteroatoms. The van der Waals surface area contributed by atoms with E-state index < -0.39 is 33.8 Å². The molecule has 0 saturated heterocycles. The Bertz CT molecular complexity index is 949. The second-order valence-corrected chi connectivity index (χ2v) is 10.1. The molecule has 1 rings (SSSR count). The normalized spacial score (nSPS) is 19.2. The molecule has 0 bridgehead atoms. The zero-order valence-corrected chi connectivity index (χ0v) is 19.6. The highest BCUT2D eigenvalue weighted by Crippen LogP contribution is 2.40. The third kappa shape index (κ3) is 9.93. The first-order valence-corrected chi connectivity index (χ1v) is 11.7. The molecule has 1 aliphatic carbocycles. The van der Waals surface area contributed by atoms with Crippen molar-refractivity contribution in [3.8, 4) is 0 Å². The summed E-state index contributed by atoms with van der Waals surface area (Å²) in [6.45, 7) is 10.3. The maximum atomic E-state index is 11.9. The lowest BCUT2D eigenvalue weighted by Crippen LogP contribution is -2.44. The van der Waals surface area contributed by atoms with E-state index in [4.69, 9.17) is 9.66 Å². The second-order valence-electron chi connectivity index (χ2n) is 8.57. The van der Waals surface area contributed by atoms with Crippen molar-refractivity contribution < 1.29 is 27.7 Å². The van der Waals surface area contributed by atoms with Gasteiger partial charge in [-0.25, -0.2) is 4.79 Å².